The molecule has 0 aliphatic carbocycles. The van der Waals surface area contributed by atoms with Crippen molar-refractivity contribution < 1.29 is 21.6 Å². The van der Waals surface area contributed by atoms with E-state index >= 15 is 0 Å². The molecule has 1 heterocycles. The van der Waals surface area contributed by atoms with Crippen LogP contribution in [0.1, 0.15) is 39.0 Å². The van der Waals surface area contributed by atoms with Crippen LogP contribution in [-0.2, 0) is 10.0 Å². The maximum absolute atomic E-state index is 12.2. The summed E-state index contributed by atoms with van der Waals surface area (Å²) in [4.78, 5) is 0. The van der Waals surface area contributed by atoms with Crippen LogP contribution >= 0.6 is 0 Å². The Morgan fingerprint density at radius 1 is 1.24 bits per heavy atom. The molecule has 21 heavy (non-hydrogen) atoms. The number of rotatable bonds is 8. The highest BCUT2D eigenvalue weighted by Gasteiger charge is 2.30. The summed E-state index contributed by atoms with van der Waals surface area (Å²) >= 11 is 0. The fraction of sp³-hybridized carbons (Fsp3) is 1.00. The zero-order chi connectivity index (χ0) is 15.9. The summed E-state index contributed by atoms with van der Waals surface area (Å²) in [5.74, 6) is -0.118. The van der Waals surface area contributed by atoms with Gasteiger partial charge >= 0.3 is 6.18 Å². The Morgan fingerprint density at radius 3 is 2.38 bits per heavy atom. The molecule has 1 rings (SSSR count). The van der Waals surface area contributed by atoms with E-state index < -0.39 is 28.4 Å². The number of alkyl halides is 3. The minimum atomic E-state index is -4.29. The zero-order valence-corrected chi connectivity index (χ0v) is 13.3. The molecule has 4 nitrogen and oxygen atoms in total. The van der Waals surface area contributed by atoms with Crippen molar-refractivity contribution in [2.75, 3.05) is 31.9 Å². The molecule has 1 saturated heterocycles. The average molecular weight is 330 g/mol. The van der Waals surface area contributed by atoms with Crippen molar-refractivity contribution in [3.63, 3.8) is 0 Å². The van der Waals surface area contributed by atoms with Gasteiger partial charge in [-0.1, -0.05) is 6.92 Å². The first-order valence-corrected chi connectivity index (χ1v) is 9.11. The minimum absolute atomic E-state index is 0.301. The Bertz CT molecular complexity index is 393. The summed E-state index contributed by atoms with van der Waals surface area (Å²) in [7, 11) is -3.59. The molecule has 1 aliphatic rings. The molecule has 0 bridgehead atoms. The number of nitrogens with zero attached hydrogens (tertiary/aromatic N) is 1. The Kier molecular flexibility index (Phi) is 7.42. The molecule has 0 saturated carbocycles. The van der Waals surface area contributed by atoms with Crippen molar-refractivity contribution in [1.82, 2.24) is 9.62 Å². The van der Waals surface area contributed by atoms with Gasteiger partial charge in [-0.05, 0) is 44.7 Å². The summed E-state index contributed by atoms with van der Waals surface area (Å²) in [5.41, 5.74) is 0. The van der Waals surface area contributed by atoms with Gasteiger partial charge in [-0.25, -0.2) is 12.7 Å². The lowest BCUT2D eigenvalue weighted by molar-refractivity contribution is -0.134. The average Bonchev–Trinajstić information content (AvgIpc) is 2.37. The molecule has 0 aromatic heterocycles. The van der Waals surface area contributed by atoms with Crippen LogP contribution in [0, 0.1) is 5.92 Å². The topological polar surface area (TPSA) is 49.4 Å². The van der Waals surface area contributed by atoms with Crippen LogP contribution in [0.3, 0.4) is 0 Å². The number of sulfonamides is 1. The van der Waals surface area contributed by atoms with Crippen LogP contribution in [0.4, 0.5) is 13.2 Å². The number of nitrogens with one attached hydrogen (secondary N) is 1. The number of halogens is 3. The van der Waals surface area contributed by atoms with E-state index in [1.54, 1.807) is 0 Å². The van der Waals surface area contributed by atoms with E-state index in [2.05, 4.69) is 5.32 Å². The van der Waals surface area contributed by atoms with Gasteiger partial charge in [0.1, 0.15) is 0 Å². The van der Waals surface area contributed by atoms with E-state index in [0.717, 1.165) is 25.9 Å². The van der Waals surface area contributed by atoms with Crippen LogP contribution in [-0.4, -0.2) is 50.8 Å². The van der Waals surface area contributed by atoms with Crippen molar-refractivity contribution in [3.8, 4) is 0 Å². The second-order valence-electron chi connectivity index (χ2n) is 5.59. The van der Waals surface area contributed by atoms with Crippen LogP contribution in [0.25, 0.3) is 0 Å². The maximum atomic E-state index is 12.2. The highest BCUT2D eigenvalue weighted by molar-refractivity contribution is 7.89. The monoisotopic (exact) mass is 330 g/mol. The van der Waals surface area contributed by atoms with Crippen LogP contribution in [0.2, 0.25) is 0 Å². The molecule has 1 aliphatic heterocycles. The van der Waals surface area contributed by atoms with Gasteiger partial charge in [0.2, 0.25) is 10.0 Å². The van der Waals surface area contributed by atoms with Gasteiger partial charge in [-0.2, -0.15) is 13.2 Å². The van der Waals surface area contributed by atoms with Crippen molar-refractivity contribution >= 4 is 10.0 Å². The van der Waals surface area contributed by atoms with E-state index in [1.165, 1.54) is 4.31 Å². The van der Waals surface area contributed by atoms with Crippen LogP contribution in [0.15, 0.2) is 0 Å². The summed E-state index contributed by atoms with van der Waals surface area (Å²) < 4.78 is 62.2. The third-order valence-corrected chi connectivity index (χ3v) is 5.57. The molecule has 0 radical (unpaired) electrons. The Hall–Kier alpha value is -0.340. The van der Waals surface area contributed by atoms with Gasteiger partial charge in [0, 0.05) is 19.5 Å². The molecule has 0 unspecified atom stereocenters. The normalized spacial score (nSPS) is 18.3. The fourth-order valence-electron chi connectivity index (χ4n) is 2.53. The van der Waals surface area contributed by atoms with Gasteiger partial charge < -0.3 is 5.32 Å². The lowest BCUT2D eigenvalue weighted by atomic mass is 9.98. The zero-order valence-electron chi connectivity index (χ0n) is 12.5. The maximum Gasteiger partial charge on any atom is 0.389 e. The van der Waals surface area contributed by atoms with Gasteiger partial charge in [-0.3, -0.25) is 0 Å². The number of hydrogen-bond acceptors (Lipinski definition) is 3. The van der Waals surface area contributed by atoms with Crippen molar-refractivity contribution in [2.24, 2.45) is 5.92 Å². The van der Waals surface area contributed by atoms with Crippen molar-refractivity contribution in [2.45, 2.75) is 45.2 Å². The lowest BCUT2D eigenvalue weighted by Crippen LogP contribution is -2.40. The highest BCUT2D eigenvalue weighted by atomic mass is 32.2. The Labute approximate surface area is 125 Å². The van der Waals surface area contributed by atoms with Gasteiger partial charge in [-0.15, -0.1) is 0 Å². The van der Waals surface area contributed by atoms with Crippen LogP contribution in [0.5, 0.6) is 0 Å². The molecule has 0 aromatic rings. The SMILES string of the molecule is CCCN(CC1CCNCC1)S(=O)(=O)CCCC(F)(F)F. The third-order valence-electron chi connectivity index (χ3n) is 3.65. The summed E-state index contributed by atoms with van der Waals surface area (Å²) in [5, 5.41) is 3.22. The molecule has 1 N–H and O–H groups in total. The van der Waals surface area contributed by atoms with Gasteiger partial charge in [0.05, 0.1) is 5.75 Å². The van der Waals surface area contributed by atoms with Crippen molar-refractivity contribution in [1.29, 1.82) is 0 Å². The van der Waals surface area contributed by atoms with Crippen LogP contribution < -0.4 is 5.32 Å². The van der Waals surface area contributed by atoms with E-state index in [4.69, 9.17) is 0 Å². The molecule has 1 fully saturated rings. The quantitative estimate of drug-likeness (QED) is 0.743. The number of piperidine rings is 1. The molecule has 8 heteroatoms. The molecular weight excluding hydrogens is 305 g/mol. The standard InChI is InChI=1S/C13H25F3N2O2S/c1-2-9-18(11-12-4-7-17-8-5-12)21(19,20)10-3-6-13(14,15)16/h12,17H,2-11H2,1H3. The van der Waals surface area contributed by atoms with Gasteiger partial charge in [0.15, 0.2) is 0 Å². The first-order valence-electron chi connectivity index (χ1n) is 7.50. The summed E-state index contributed by atoms with van der Waals surface area (Å²) in [6.07, 6.45) is -3.20. The third kappa shape index (κ3) is 7.46. The highest BCUT2D eigenvalue weighted by Crippen LogP contribution is 2.23. The minimum Gasteiger partial charge on any atom is -0.317 e. The predicted molar refractivity (Wildman–Crippen MR) is 76.5 cm³/mol. The lowest BCUT2D eigenvalue weighted by Gasteiger charge is -2.29. The van der Waals surface area contributed by atoms with E-state index in [0.29, 0.717) is 25.4 Å². The molecular formula is C13H25F3N2O2S. The smallest absolute Gasteiger partial charge is 0.317 e. The first kappa shape index (κ1) is 18.7. The largest absolute Gasteiger partial charge is 0.389 e. The van der Waals surface area contributed by atoms with Gasteiger partial charge in [0.25, 0.3) is 0 Å². The predicted octanol–water partition coefficient (Wildman–Crippen LogP) is 2.37. The Balaban J connectivity index is 2.55. The molecule has 0 spiro atoms. The van der Waals surface area contributed by atoms with E-state index in [1.807, 2.05) is 6.92 Å². The molecule has 0 atom stereocenters. The fourth-order valence-corrected chi connectivity index (χ4v) is 4.20. The molecule has 0 aromatic carbocycles. The first-order chi connectivity index (χ1) is 9.74. The Morgan fingerprint density at radius 2 is 1.86 bits per heavy atom. The number of hydrogen-bond donors (Lipinski definition) is 1. The second kappa shape index (κ2) is 8.33. The second-order valence-corrected chi connectivity index (χ2v) is 7.67. The summed E-state index contributed by atoms with van der Waals surface area (Å²) in [6.45, 7) is 4.44. The summed E-state index contributed by atoms with van der Waals surface area (Å²) in [6, 6.07) is 0. The molecule has 0 amide bonds. The van der Waals surface area contributed by atoms with E-state index in [-0.39, 0.29) is 6.42 Å². The van der Waals surface area contributed by atoms with E-state index in [9.17, 15) is 21.6 Å². The molecule has 126 valence electrons. The van der Waals surface area contributed by atoms with Crippen molar-refractivity contribution in [3.05, 3.63) is 0 Å².